The molecule has 3 N–H and O–H groups in total. The van der Waals surface area contributed by atoms with Gasteiger partial charge in [0.1, 0.15) is 17.2 Å². The summed E-state index contributed by atoms with van der Waals surface area (Å²) in [5, 5.41) is 25.7. The van der Waals surface area contributed by atoms with Gasteiger partial charge in [-0.15, -0.1) is 0 Å². The lowest BCUT2D eigenvalue weighted by molar-refractivity contribution is 0.450. The predicted molar refractivity (Wildman–Crippen MR) is 116 cm³/mol. The molecule has 0 spiro atoms. The van der Waals surface area contributed by atoms with E-state index in [9.17, 15) is 18.6 Å². The van der Waals surface area contributed by atoms with Crippen molar-refractivity contribution in [2.24, 2.45) is 5.10 Å². The highest BCUT2D eigenvalue weighted by Crippen LogP contribution is 2.26. The molecule has 0 amide bonds. The van der Waals surface area contributed by atoms with Gasteiger partial charge in [0.2, 0.25) is 0 Å². The van der Waals surface area contributed by atoms with Gasteiger partial charge < -0.3 is 10.2 Å². The summed E-state index contributed by atoms with van der Waals surface area (Å²) in [4.78, 5) is 2.34. The van der Waals surface area contributed by atoms with Gasteiger partial charge in [0, 0.05) is 17.2 Å². The zero-order valence-electron chi connectivity index (χ0n) is 15.7. The van der Waals surface area contributed by atoms with Crippen LogP contribution in [0.15, 0.2) is 101 Å². The Labute approximate surface area is 173 Å². The second-order valence-corrected chi connectivity index (χ2v) is 8.29. The molecular weight excluding hydrogens is 400 g/mol. The number of aromatic hydroxyl groups is 2. The first kappa shape index (κ1) is 19.5. The van der Waals surface area contributed by atoms with Gasteiger partial charge in [0.25, 0.3) is 10.0 Å². The molecule has 150 valence electrons. The summed E-state index contributed by atoms with van der Waals surface area (Å²) in [5.74, 6) is -0.331. The quantitative estimate of drug-likeness (QED) is 0.337. The highest BCUT2D eigenvalue weighted by atomic mass is 32.2. The van der Waals surface area contributed by atoms with Crippen molar-refractivity contribution in [2.45, 2.75) is 4.90 Å². The molecule has 4 aromatic rings. The molecule has 0 saturated heterocycles. The molecule has 0 aliphatic rings. The summed E-state index contributed by atoms with van der Waals surface area (Å²) in [6.45, 7) is 0. The van der Waals surface area contributed by atoms with E-state index in [4.69, 9.17) is 0 Å². The fraction of sp³-hybridized carbons (Fsp3) is 0. The third-order valence-electron chi connectivity index (χ3n) is 4.59. The van der Waals surface area contributed by atoms with Crippen LogP contribution in [0.4, 0.5) is 0 Å². The number of hydrazone groups is 1. The Morgan fingerprint density at radius 2 is 1.47 bits per heavy atom. The maximum absolute atomic E-state index is 12.9. The minimum atomic E-state index is -3.95. The molecule has 0 bridgehead atoms. The summed E-state index contributed by atoms with van der Waals surface area (Å²) in [7, 11) is -3.95. The van der Waals surface area contributed by atoms with Crippen molar-refractivity contribution in [2.75, 3.05) is 0 Å². The molecule has 0 saturated carbocycles. The maximum atomic E-state index is 12.9. The van der Waals surface area contributed by atoms with Crippen LogP contribution < -0.4 is 4.83 Å². The number of phenolic OH excluding ortho intramolecular Hbond substituents is 2. The summed E-state index contributed by atoms with van der Waals surface area (Å²) >= 11 is 0. The van der Waals surface area contributed by atoms with E-state index in [1.54, 1.807) is 36.4 Å². The Kier molecular flexibility index (Phi) is 5.12. The molecule has 7 heteroatoms. The molecule has 4 rings (SSSR count). The van der Waals surface area contributed by atoms with Crippen LogP contribution >= 0.6 is 0 Å². The van der Waals surface area contributed by atoms with E-state index in [1.165, 1.54) is 24.3 Å². The first-order valence-electron chi connectivity index (χ1n) is 9.10. The van der Waals surface area contributed by atoms with Crippen LogP contribution in [0, 0.1) is 0 Å². The summed E-state index contributed by atoms with van der Waals surface area (Å²) < 4.78 is 25.7. The standard InChI is InChI=1S/C23H18N2O4S/c26-19-11-13-21(22(27)15-19)23(17-7-2-1-3-8-17)24-25-30(28,29)20-12-10-16-6-4-5-9-18(16)14-20/h1-15,25-27H. The molecule has 6 nitrogen and oxygen atoms in total. The molecule has 0 aliphatic heterocycles. The number of hydrogen-bond donors (Lipinski definition) is 3. The van der Waals surface area contributed by atoms with Crippen molar-refractivity contribution in [3.05, 3.63) is 102 Å². The largest absolute Gasteiger partial charge is 0.508 e. The molecule has 30 heavy (non-hydrogen) atoms. The van der Waals surface area contributed by atoms with E-state index in [0.29, 0.717) is 5.56 Å². The van der Waals surface area contributed by atoms with Crippen molar-refractivity contribution in [1.82, 2.24) is 4.83 Å². The van der Waals surface area contributed by atoms with Gasteiger partial charge >= 0.3 is 0 Å². The fourth-order valence-corrected chi connectivity index (χ4v) is 3.94. The van der Waals surface area contributed by atoms with E-state index in [1.807, 2.05) is 30.3 Å². The first-order valence-corrected chi connectivity index (χ1v) is 10.6. The smallest absolute Gasteiger partial charge is 0.276 e. The van der Waals surface area contributed by atoms with Crippen LogP contribution in [0.25, 0.3) is 10.8 Å². The number of phenols is 2. The molecule has 0 aliphatic carbocycles. The SMILES string of the molecule is O=S(=O)(NN=C(c1ccccc1)c1ccc(O)cc1O)c1ccc2ccccc2c1. The normalized spacial score (nSPS) is 12.1. The van der Waals surface area contributed by atoms with Gasteiger partial charge in [-0.05, 0) is 35.0 Å². The molecule has 0 heterocycles. The van der Waals surface area contributed by atoms with Gasteiger partial charge in [-0.2, -0.15) is 18.4 Å². The summed E-state index contributed by atoms with van der Waals surface area (Å²) in [6.07, 6.45) is 0. The predicted octanol–water partition coefficient (Wildman–Crippen LogP) is 3.98. The summed E-state index contributed by atoms with van der Waals surface area (Å²) in [6, 6.07) is 25.2. The minimum Gasteiger partial charge on any atom is -0.508 e. The Morgan fingerprint density at radius 3 is 2.20 bits per heavy atom. The van der Waals surface area contributed by atoms with Crippen LogP contribution in [0.5, 0.6) is 11.5 Å². The number of sulfonamides is 1. The molecule has 0 atom stereocenters. The topological polar surface area (TPSA) is 99.0 Å². The Morgan fingerprint density at radius 1 is 0.767 bits per heavy atom. The molecule has 0 unspecified atom stereocenters. The van der Waals surface area contributed by atoms with Gasteiger partial charge in [-0.1, -0.05) is 60.7 Å². The number of nitrogens with one attached hydrogen (secondary N) is 1. The van der Waals surface area contributed by atoms with E-state index in [2.05, 4.69) is 9.93 Å². The number of rotatable bonds is 5. The maximum Gasteiger partial charge on any atom is 0.276 e. The van der Waals surface area contributed by atoms with E-state index in [0.717, 1.165) is 10.8 Å². The van der Waals surface area contributed by atoms with Crippen LogP contribution in [-0.2, 0) is 10.0 Å². The number of nitrogens with zero attached hydrogens (tertiary/aromatic N) is 1. The van der Waals surface area contributed by atoms with E-state index < -0.39 is 10.0 Å². The molecule has 0 fully saturated rings. The Hall–Kier alpha value is -3.84. The third-order valence-corrected chi connectivity index (χ3v) is 5.80. The van der Waals surface area contributed by atoms with Gasteiger partial charge in [-0.3, -0.25) is 0 Å². The number of hydrogen-bond acceptors (Lipinski definition) is 5. The second-order valence-electron chi connectivity index (χ2n) is 6.63. The monoisotopic (exact) mass is 418 g/mol. The van der Waals surface area contributed by atoms with Gasteiger partial charge in [0.15, 0.2) is 0 Å². The molecule has 0 aromatic heterocycles. The third kappa shape index (κ3) is 3.97. The zero-order chi connectivity index (χ0) is 21.1. The van der Waals surface area contributed by atoms with Gasteiger partial charge in [-0.25, -0.2) is 0 Å². The van der Waals surface area contributed by atoms with Crippen molar-refractivity contribution in [3.63, 3.8) is 0 Å². The van der Waals surface area contributed by atoms with Crippen molar-refractivity contribution >= 4 is 26.5 Å². The van der Waals surface area contributed by atoms with Crippen molar-refractivity contribution in [1.29, 1.82) is 0 Å². The molecule has 0 radical (unpaired) electrons. The average Bonchev–Trinajstić information content (AvgIpc) is 2.75. The Bertz CT molecular complexity index is 1350. The van der Waals surface area contributed by atoms with Crippen molar-refractivity contribution in [3.8, 4) is 11.5 Å². The summed E-state index contributed by atoms with van der Waals surface area (Å²) in [5.41, 5.74) is 1.09. The fourth-order valence-electron chi connectivity index (χ4n) is 3.09. The van der Waals surface area contributed by atoms with E-state index >= 15 is 0 Å². The number of benzene rings is 4. The minimum absolute atomic E-state index is 0.0762. The highest BCUT2D eigenvalue weighted by molar-refractivity contribution is 7.89. The van der Waals surface area contributed by atoms with Crippen LogP contribution in [0.3, 0.4) is 0 Å². The van der Waals surface area contributed by atoms with Crippen LogP contribution in [-0.4, -0.2) is 24.3 Å². The first-order chi connectivity index (χ1) is 14.4. The lowest BCUT2D eigenvalue weighted by Gasteiger charge is -2.11. The lowest BCUT2D eigenvalue weighted by Crippen LogP contribution is -2.21. The highest BCUT2D eigenvalue weighted by Gasteiger charge is 2.17. The molecule has 4 aromatic carbocycles. The van der Waals surface area contributed by atoms with Crippen molar-refractivity contribution < 1.29 is 18.6 Å². The van der Waals surface area contributed by atoms with Crippen LogP contribution in [0.1, 0.15) is 11.1 Å². The lowest BCUT2D eigenvalue weighted by atomic mass is 10.0. The average molecular weight is 418 g/mol. The van der Waals surface area contributed by atoms with Crippen LogP contribution in [0.2, 0.25) is 0 Å². The second kappa shape index (κ2) is 7.88. The van der Waals surface area contributed by atoms with E-state index in [-0.39, 0.29) is 27.7 Å². The molecular formula is C23H18N2O4S. The zero-order valence-corrected chi connectivity index (χ0v) is 16.5. The number of fused-ring (bicyclic) bond motifs is 1. The Balaban J connectivity index is 1.76. The van der Waals surface area contributed by atoms with Gasteiger partial charge in [0.05, 0.1) is 4.90 Å².